The fourth-order valence-electron chi connectivity index (χ4n) is 3.07. The number of rotatable bonds is 2. The first-order valence-electron chi connectivity index (χ1n) is 7.42. The Morgan fingerprint density at radius 3 is 3.32 bits per heavy atom. The maximum Gasteiger partial charge on any atom is 0.274 e. The number of hydrogen-bond acceptors (Lipinski definition) is 5. The van der Waals surface area contributed by atoms with Gasteiger partial charge in [0, 0.05) is 36.3 Å². The van der Waals surface area contributed by atoms with Crippen molar-refractivity contribution in [3.05, 3.63) is 30.2 Å². The maximum absolute atomic E-state index is 12.8. The summed E-state index contributed by atoms with van der Waals surface area (Å²) in [6, 6.07) is 5.67. The van der Waals surface area contributed by atoms with Crippen LogP contribution in [-0.2, 0) is 4.74 Å². The minimum absolute atomic E-state index is 0.00810. The number of thioether (sulfide) groups is 1. The fourth-order valence-corrected chi connectivity index (χ4v) is 4.38. The fraction of sp³-hybridized carbons (Fsp3) is 0.467. The van der Waals surface area contributed by atoms with Gasteiger partial charge in [0.05, 0.1) is 12.9 Å². The molecule has 22 heavy (non-hydrogen) atoms. The molecule has 1 N–H and O–H groups in total. The van der Waals surface area contributed by atoms with Crippen LogP contribution in [0.2, 0.25) is 0 Å². The highest BCUT2D eigenvalue weighted by Crippen LogP contribution is 2.31. The summed E-state index contributed by atoms with van der Waals surface area (Å²) in [6.07, 6.45) is 2.50. The molecule has 0 aromatic carbocycles. The standard InChI is InChI=1S/C15H17N3O3S/c19-15(11-8-10(16-17-11)13-2-1-5-21-13)18-4-7-22-14-9-20-6-3-12(14)18/h1-2,5,8,12,14H,3-4,6-7,9H2,(H,16,17)/t12-,14-/m0/s1. The minimum Gasteiger partial charge on any atom is -0.463 e. The SMILES string of the molecule is O=C(c1cc(-c2ccco2)[nH]n1)N1CCS[C@H]2COCC[C@@H]21. The van der Waals surface area contributed by atoms with Gasteiger partial charge in [0.2, 0.25) is 0 Å². The van der Waals surface area contributed by atoms with Gasteiger partial charge in [-0.3, -0.25) is 9.89 Å². The Morgan fingerprint density at radius 1 is 1.50 bits per heavy atom. The molecule has 0 radical (unpaired) electrons. The molecular formula is C15H17N3O3S. The molecule has 2 fully saturated rings. The number of aromatic nitrogens is 2. The van der Waals surface area contributed by atoms with E-state index in [1.165, 1.54) is 0 Å². The van der Waals surface area contributed by atoms with Crippen molar-refractivity contribution in [3.63, 3.8) is 0 Å². The normalized spacial score (nSPS) is 25.0. The third-order valence-electron chi connectivity index (χ3n) is 4.18. The first kappa shape index (κ1) is 13.9. The second-order valence-electron chi connectivity index (χ2n) is 5.48. The molecule has 0 saturated carbocycles. The topological polar surface area (TPSA) is 71.4 Å². The number of nitrogens with one attached hydrogen (secondary N) is 1. The lowest BCUT2D eigenvalue weighted by Gasteiger charge is -2.43. The van der Waals surface area contributed by atoms with Gasteiger partial charge in [-0.05, 0) is 18.6 Å². The Morgan fingerprint density at radius 2 is 2.45 bits per heavy atom. The lowest BCUT2D eigenvalue weighted by atomic mass is 10.1. The molecule has 0 unspecified atom stereocenters. The lowest BCUT2D eigenvalue weighted by Crippen LogP contribution is -2.54. The van der Waals surface area contributed by atoms with Gasteiger partial charge in [-0.1, -0.05) is 0 Å². The van der Waals surface area contributed by atoms with Gasteiger partial charge in [0.1, 0.15) is 5.69 Å². The van der Waals surface area contributed by atoms with Crippen molar-refractivity contribution >= 4 is 17.7 Å². The number of H-pyrrole nitrogens is 1. The summed E-state index contributed by atoms with van der Waals surface area (Å²) in [5, 5.41) is 7.43. The second-order valence-corrected chi connectivity index (χ2v) is 6.83. The molecule has 2 aliphatic heterocycles. The molecule has 116 valence electrons. The van der Waals surface area contributed by atoms with Crippen molar-refractivity contribution in [1.82, 2.24) is 15.1 Å². The second kappa shape index (κ2) is 5.81. The average molecular weight is 319 g/mol. The summed E-state index contributed by atoms with van der Waals surface area (Å²) < 4.78 is 10.9. The van der Waals surface area contributed by atoms with Crippen LogP contribution in [0, 0.1) is 0 Å². The zero-order chi connectivity index (χ0) is 14.9. The van der Waals surface area contributed by atoms with Crippen LogP contribution >= 0.6 is 11.8 Å². The molecule has 2 aromatic heterocycles. The molecule has 0 bridgehead atoms. The first-order valence-corrected chi connectivity index (χ1v) is 8.47. The number of hydrogen-bond donors (Lipinski definition) is 1. The first-order chi connectivity index (χ1) is 10.8. The molecule has 7 heteroatoms. The van der Waals surface area contributed by atoms with Crippen molar-refractivity contribution in [3.8, 4) is 11.5 Å². The molecule has 2 saturated heterocycles. The van der Waals surface area contributed by atoms with Crippen molar-refractivity contribution in [1.29, 1.82) is 0 Å². The number of carbonyl (C=O) groups is 1. The Hall–Kier alpha value is -1.73. The molecule has 0 spiro atoms. The third-order valence-corrected chi connectivity index (χ3v) is 5.47. The lowest BCUT2D eigenvalue weighted by molar-refractivity contribution is 0.0315. The molecule has 4 heterocycles. The van der Waals surface area contributed by atoms with E-state index in [0.29, 0.717) is 16.7 Å². The number of fused-ring (bicyclic) bond motifs is 1. The molecular weight excluding hydrogens is 302 g/mol. The monoisotopic (exact) mass is 319 g/mol. The number of amides is 1. The predicted octanol–water partition coefficient (Wildman–Crippen LogP) is 2.02. The zero-order valence-electron chi connectivity index (χ0n) is 12.0. The van der Waals surface area contributed by atoms with E-state index in [0.717, 1.165) is 37.6 Å². The van der Waals surface area contributed by atoms with Gasteiger partial charge < -0.3 is 14.1 Å². The van der Waals surface area contributed by atoms with Crippen molar-refractivity contribution in [2.75, 3.05) is 25.5 Å². The average Bonchev–Trinajstić information content (AvgIpc) is 3.24. The van der Waals surface area contributed by atoms with Crippen LogP contribution in [0.3, 0.4) is 0 Å². The summed E-state index contributed by atoms with van der Waals surface area (Å²) in [6.45, 7) is 2.23. The van der Waals surface area contributed by atoms with Gasteiger partial charge in [-0.25, -0.2) is 0 Å². The van der Waals surface area contributed by atoms with E-state index in [1.807, 2.05) is 28.8 Å². The summed E-state index contributed by atoms with van der Waals surface area (Å²) in [5.41, 5.74) is 1.17. The van der Waals surface area contributed by atoms with E-state index in [1.54, 1.807) is 12.3 Å². The summed E-state index contributed by atoms with van der Waals surface area (Å²) >= 11 is 1.90. The Bertz CT molecular complexity index is 653. The third kappa shape index (κ3) is 2.44. The molecule has 6 nitrogen and oxygen atoms in total. The Kier molecular flexibility index (Phi) is 3.67. The zero-order valence-corrected chi connectivity index (χ0v) is 12.8. The Balaban J connectivity index is 1.56. The molecule has 2 atom stereocenters. The van der Waals surface area contributed by atoms with Gasteiger partial charge >= 0.3 is 0 Å². The van der Waals surface area contributed by atoms with Crippen molar-refractivity contribution in [2.45, 2.75) is 17.7 Å². The molecule has 2 aromatic rings. The van der Waals surface area contributed by atoms with E-state index in [4.69, 9.17) is 9.15 Å². The van der Waals surface area contributed by atoms with Gasteiger partial charge in [-0.15, -0.1) is 0 Å². The van der Waals surface area contributed by atoms with Crippen molar-refractivity contribution in [2.24, 2.45) is 0 Å². The van der Waals surface area contributed by atoms with Crippen LogP contribution in [0.15, 0.2) is 28.9 Å². The van der Waals surface area contributed by atoms with E-state index < -0.39 is 0 Å². The minimum atomic E-state index is -0.00810. The number of nitrogens with zero attached hydrogens (tertiary/aromatic N) is 2. The van der Waals surface area contributed by atoms with Gasteiger partial charge in [-0.2, -0.15) is 16.9 Å². The summed E-state index contributed by atoms with van der Waals surface area (Å²) in [5.74, 6) is 1.63. The summed E-state index contributed by atoms with van der Waals surface area (Å²) in [4.78, 5) is 14.8. The van der Waals surface area contributed by atoms with Crippen LogP contribution in [0.25, 0.3) is 11.5 Å². The molecule has 4 rings (SSSR count). The quantitative estimate of drug-likeness (QED) is 0.917. The van der Waals surface area contributed by atoms with Crippen molar-refractivity contribution < 1.29 is 13.9 Å². The van der Waals surface area contributed by atoms with Crippen LogP contribution in [0.5, 0.6) is 0 Å². The Labute approximate surface area is 132 Å². The van der Waals surface area contributed by atoms with Crippen LogP contribution in [-0.4, -0.2) is 57.8 Å². The van der Waals surface area contributed by atoms with E-state index in [-0.39, 0.29) is 11.9 Å². The number of aromatic amines is 1. The van der Waals surface area contributed by atoms with Gasteiger partial charge in [0.25, 0.3) is 5.91 Å². The highest BCUT2D eigenvalue weighted by atomic mass is 32.2. The van der Waals surface area contributed by atoms with Crippen LogP contribution in [0.1, 0.15) is 16.9 Å². The highest BCUT2D eigenvalue weighted by molar-refractivity contribution is 8.00. The van der Waals surface area contributed by atoms with Crippen LogP contribution < -0.4 is 0 Å². The molecule has 1 amide bonds. The molecule has 2 aliphatic rings. The number of ether oxygens (including phenoxy) is 1. The number of carbonyl (C=O) groups excluding carboxylic acids is 1. The highest BCUT2D eigenvalue weighted by Gasteiger charge is 2.37. The van der Waals surface area contributed by atoms with Gasteiger partial charge in [0.15, 0.2) is 11.5 Å². The van der Waals surface area contributed by atoms with E-state index in [9.17, 15) is 4.79 Å². The van der Waals surface area contributed by atoms with E-state index in [2.05, 4.69) is 10.2 Å². The summed E-state index contributed by atoms with van der Waals surface area (Å²) in [7, 11) is 0. The van der Waals surface area contributed by atoms with Crippen LogP contribution in [0.4, 0.5) is 0 Å². The molecule has 0 aliphatic carbocycles. The smallest absolute Gasteiger partial charge is 0.274 e. The largest absolute Gasteiger partial charge is 0.463 e. The van der Waals surface area contributed by atoms with E-state index >= 15 is 0 Å². The number of furan rings is 1. The maximum atomic E-state index is 12.8. The predicted molar refractivity (Wildman–Crippen MR) is 82.8 cm³/mol.